The van der Waals surface area contributed by atoms with Gasteiger partial charge in [-0.15, -0.1) is 0 Å². The second-order valence-corrected chi connectivity index (χ2v) is 6.08. The van der Waals surface area contributed by atoms with Crippen molar-refractivity contribution in [2.45, 2.75) is 20.3 Å². The summed E-state index contributed by atoms with van der Waals surface area (Å²) in [4.78, 5) is 0.329. The van der Waals surface area contributed by atoms with Crippen LogP contribution < -0.4 is 10.5 Å². The van der Waals surface area contributed by atoms with Gasteiger partial charge in [0.2, 0.25) is 0 Å². The van der Waals surface area contributed by atoms with E-state index in [4.69, 9.17) is 18.0 Å². The summed E-state index contributed by atoms with van der Waals surface area (Å²) >= 11 is 4.72. The highest BCUT2D eigenvalue weighted by atomic mass is 32.2. The lowest BCUT2D eigenvalue weighted by atomic mass is 10.2. The SMILES string of the molecule is CNS(=O)(=O)N(CCC(N)=S)CC(C)C. The van der Waals surface area contributed by atoms with Crippen molar-refractivity contribution in [3.8, 4) is 0 Å². The summed E-state index contributed by atoms with van der Waals surface area (Å²) in [5, 5.41) is 0. The highest BCUT2D eigenvalue weighted by molar-refractivity contribution is 7.87. The fourth-order valence-corrected chi connectivity index (χ4v) is 2.26. The maximum Gasteiger partial charge on any atom is 0.279 e. The molecule has 0 rings (SSSR count). The highest BCUT2D eigenvalue weighted by Gasteiger charge is 2.20. The molecule has 7 heteroatoms. The number of thiocarbonyl (C=S) groups is 1. The Labute approximate surface area is 97.2 Å². The van der Waals surface area contributed by atoms with Crippen molar-refractivity contribution in [2.24, 2.45) is 11.7 Å². The quantitative estimate of drug-likeness (QED) is 0.630. The number of nitrogens with one attached hydrogen (secondary N) is 1. The van der Waals surface area contributed by atoms with Crippen molar-refractivity contribution in [3.63, 3.8) is 0 Å². The first kappa shape index (κ1) is 14.8. The third kappa shape index (κ3) is 6.03. The van der Waals surface area contributed by atoms with E-state index in [1.807, 2.05) is 13.8 Å². The van der Waals surface area contributed by atoms with Gasteiger partial charge in [-0.1, -0.05) is 26.1 Å². The minimum atomic E-state index is -3.38. The zero-order valence-corrected chi connectivity index (χ0v) is 11.0. The summed E-state index contributed by atoms with van der Waals surface area (Å²) in [5.41, 5.74) is 5.35. The van der Waals surface area contributed by atoms with Gasteiger partial charge in [0, 0.05) is 26.6 Å². The van der Waals surface area contributed by atoms with Gasteiger partial charge in [-0.3, -0.25) is 0 Å². The fourth-order valence-electron chi connectivity index (χ4n) is 1.08. The first-order valence-electron chi connectivity index (χ1n) is 4.76. The molecule has 0 aromatic heterocycles. The molecule has 0 spiro atoms. The van der Waals surface area contributed by atoms with E-state index >= 15 is 0 Å². The van der Waals surface area contributed by atoms with E-state index in [1.165, 1.54) is 11.4 Å². The molecule has 15 heavy (non-hydrogen) atoms. The predicted molar refractivity (Wildman–Crippen MR) is 65.8 cm³/mol. The van der Waals surface area contributed by atoms with Gasteiger partial charge < -0.3 is 5.73 Å². The summed E-state index contributed by atoms with van der Waals surface area (Å²) in [5.74, 6) is 0.263. The molecule has 90 valence electrons. The van der Waals surface area contributed by atoms with E-state index in [-0.39, 0.29) is 5.92 Å². The van der Waals surface area contributed by atoms with Crippen molar-refractivity contribution >= 4 is 27.4 Å². The molecule has 0 aromatic carbocycles. The van der Waals surface area contributed by atoms with Crippen LogP contribution in [-0.4, -0.2) is 37.8 Å². The maximum atomic E-state index is 11.6. The van der Waals surface area contributed by atoms with Crippen molar-refractivity contribution in [2.75, 3.05) is 20.1 Å². The monoisotopic (exact) mass is 253 g/mol. The molecule has 5 nitrogen and oxygen atoms in total. The first-order chi connectivity index (χ1) is 6.79. The van der Waals surface area contributed by atoms with Crippen LogP contribution in [0.1, 0.15) is 20.3 Å². The van der Waals surface area contributed by atoms with Crippen LogP contribution in [0.4, 0.5) is 0 Å². The van der Waals surface area contributed by atoms with Gasteiger partial charge in [-0.25, -0.2) is 4.72 Å². The standard InChI is InChI=1S/C8H19N3O2S2/c1-7(2)6-11(5-4-8(9)14)15(12,13)10-3/h7,10H,4-6H2,1-3H3,(H2,9,14). The summed E-state index contributed by atoms with van der Waals surface area (Å²) in [7, 11) is -1.99. The lowest BCUT2D eigenvalue weighted by Gasteiger charge is -2.22. The zero-order chi connectivity index (χ0) is 12.1. The molecule has 0 radical (unpaired) electrons. The second kappa shape index (κ2) is 6.37. The zero-order valence-electron chi connectivity index (χ0n) is 9.36. The third-order valence-electron chi connectivity index (χ3n) is 1.77. The molecule has 0 aliphatic rings. The van der Waals surface area contributed by atoms with E-state index < -0.39 is 10.2 Å². The molecule has 0 fully saturated rings. The lowest BCUT2D eigenvalue weighted by Crippen LogP contribution is -2.42. The Kier molecular flexibility index (Phi) is 6.26. The van der Waals surface area contributed by atoms with Crippen LogP contribution in [0.2, 0.25) is 0 Å². The Bertz CT molecular complexity index is 301. The lowest BCUT2D eigenvalue weighted by molar-refractivity contribution is 0.370. The number of hydrogen-bond donors (Lipinski definition) is 2. The van der Waals surface area contributed by atoms with Crippen LogP contribution in [-0.2, 0) is 10.2 Å². The molecule has 0 saturated carbocycles. The van der Waals surface area contributed by atoms with Crippen molar-refractivity contribution in [3.05, 3.63) is 0 Å². The van der Waals surface area contributed by atoms with Gasteiger partial charge in [0.25, 0.3) is 10.2 Å². The summed E-state index contributed by atoms with van der Waals surface area (Å²) in [6, 6.07) is 0. The summed E-state index contributed by atoms with van der Waals surface area (Å²) in [6.07, 6.45) is 0.406. The van der Waals surface area contributed by atoms with Gasteiger partial charge in [-0.05, 0) is 5.92 Å². The number of nitrogens with zero attached hydrogens (tertiary/aromatic N) is 1. The normalized spacial score (nSPS) is 12.3. The predicted octanol–water partition coefficient (Wildman–Crippen LogP) is 0.0848. The topological polar surface area (TPSA) is 75.4 Å². The van der Waals surface area contributed by atoms with Crippen LogP contribution in [0.25, 0.3) is 0 Å². The largest absolute Gasteiger partial charge is 0.393 e. The Morgan fingerprint density at radius 1 is 1.53 bits per heavy atom. The number of hydrogen-bond acceptors (Lipinski definition) is 3. The van der Waals surface area contributed by atoms with Crippen LogP contribution in [0.5, 0.6) is 0 Å². The van der Waals surface area contributed by atoms with Crippen molar-refractivity contribution < 1.29 is 8.42 Å². The van der Waals surface area contributed by atoms with Crippen LogP contribution in [0, 0.1) is 5.92 Å². The molecule has 0 bridgehead atoms. The Balaban J connectivity index is 4.52. The Morgan fingerprint density at radius 2 is 2.07 bits per heavy atom. The highest BCUT2D eigenvalue weighted by Crippen LogP contribution is 2.04. The van der Waals surface area contributed by atoms with E-state index in [9.17, 15) is 8.42 Å². The van der Waals surface area contributed by atoms with E-state index in [0.717, 1.165) is 0 Å². The molecule has 0 saturated heterocycles. The van der Waals surface area contributed by atoms with E-state index in [1.54, 1.807) is 0 Å². The molecular weight excluding hydrogens is 234 g/mol. The average Bonchev–Trinajstić information content (AvgIpc) is 2.11. The molecule has 0 atom stereocenters. The number of rotatable bonds is 7. The summed E-state index contributed by atoms with van der Waals surface area (Å²) < 4.78 is 26.8. The molecule has 0 unspecified atom stereocenters. The average molecular weight is 253 g/mol. The smallest absolute Gasteiger partial charge is 0.279 e. The fraction of sp³-hybridized carbons (Fsp3) is 0.875. The minimum Gasteiger partial charge on any atom is -0.393 e. The molecule has 0 aliphatic carbocycles. The van der Waals surface area contributed by atoms with Crippen LogP contribution >= 0.6 is 12.2 Å². The molecule has 3 N–H and O–H groups in total. The van der Waals surface area contributed by atoms with Crippen molar-refractivity contribution in [1.82, 2.24) is 9.03 Å². The minimum absolute atomic E-state index is 0.263. The van der Waals surface area contributed by atoms with Gasteiger partial charge >= 0.3 is 0 Å². The van der Waals surface area contributed by atoms with Crippen molar-refractivity contribution in [1.29, 1.82) is 0 Å². The van der Waals surface area contributed by atoms with Crippen LogP contribution in [0.15, 0.2) is 0 Å². The first-order valence-corrected chi connectivity index (χ1v) is 6.61. The van der Waals surface area contributed by atoms with Gasteiger partial charge in [0.1, 0.15) is 0 Å². The Hall–Kier alpha value is -0.240. The van der Waals surface area contributed by atoms with Gasteiger partial charge in [-0.2, -0.15) is 12.7 Å². The Morgan fingerprint density at radius 3 is 2.40 bits per heavy atom. The second-order valence-electron chi connectivity index (χ2n) is 3.68. The van der Waals surface area contributed by atoms with E-state index in [0.29, 0.717) is 24.5 Å². The van der Waals surface area contributed by atoms with Gasteiger partial charge in [0.15, 0.2) is 0 Å². The van der Waals surface area contributed by atoms with Gasteiger partial charge in [0.05, 0.1) is 4.99 Å². The number of nitrogens with two attached hydrogens (primary N) is 1. The summed E-state index contributed by atoms with van der Waals surface area (Å²) in [6.45, 7) is 4.71. The van der Waals surface area contributed by atoms with Crippen LogP contribution in [0.3, 0.4) is 0 Å². The molecule has 0 amide bonds. The molecular formula is C8H19N3O2S2. The molecule has 0 aliphatic heterocycles. The molecule has 0 heterocycles. The maximum absolute atomic E-state index is 11.6. The third-order valence-corrected chi connectivity index (χ3v) is 3.51. The molecule has 0 aromatic rings. The van der Waals surface area contributed by atoms with E-state index in [2.05, 4.69) is 4.72 Å².